The van der Waals surface area contributed by atoms with E-state index < -0.39 is 5.97 Å². The van der Waals surface area contributed by atoms with Crippen LogP contribution >= 0.6 is 11.8 Å². The second kappa shape index (κ2) is 6.04. The van der Waals surface area contributed by atoms with Crippen molar-refractivity contribution >= 4 is 17.7 Å². The van der Waals surface area contributed by atoms with Crippen molar-refractivity contribution in [2.45, 2.75) is 58.5 Å². The summed E-state index contributed by atoms with van der Waals surface area (Å²) in [5.41, 5.74) is 0.461. The fraction of sp³-hybridized carbons (Fsp3) is 0.933. The summed E-state index contributed by atoms with van der Waals surface area (Å²) in [6, 6.07) is 0.836. The van der Waals surface area contributed by atoms with E-state index in [1.165, 1.54) is 19.3 Å². The van der Waals surface area contributed by atoms with Crippen molar-refractivity contribution in [3.05, 3.63) is 0 Å². The molecule has 110 valence electrons. The predicted octanol–water partition coefficient (Wildman–Crippen LogP) is 3.09. The third-order valence-electron chi connectivity index (χ3n) is 4.76. The highest BCUT2D eigenvalue weighted by molar-refractivity contribution is 7.99. The summed E-state index contributed by atoms with van der Waals surface area (Å²) in [5, 5.41) is 9.09. The van der Waals surface area contributed by atoms with Crippen LogP contribution in [-0.2, 0) is 4.79 Å². The minimum Gasteiger partial charge on any atom is -0.481 e. The van der Waals surface area contributed by atoms with Crippen molar-refractivity contribution in [1.82, 2.24) is 4.90 Å². The molecule has 1 heterocycles. The molecule has 0 aromatic carbocycles. The largest absolute Gasteiger partial charge is 0.481 e. The van der Waals surface area contributed by atoms with Gasteiger partial charge < -0.3 is 5.11 Å². The van der Waals surface area contributed by atoms with E-state index in [2.05, 4.69) is 25.7 Å². The number of aliphatic carboxylic acids is 1. The summed E-state index contributed by atoms with van der Waals surface area (Å²) in [6.07, 6.45) is 4.07. The first-order valence-corrected chi connectivity index (χ1v) is 8.60. The van der Waals surface area contributed by atoms with Crippen molar-refractivity contribution in [3.8, 4) is 0 Å². The Bertz CT molecular complexity index is 332. The third-order valence-corrected chi connectivity index (χ3v) is 5.85. The molecule has 4 heteroatoms. The van der Waals surface area contributed by atoms with Crippen molar-refractivity contribution in [3.63, 3.8) is 0 Å². The van der Waals surface area contributed by atoms with Crippen LogP contribution in [-0.4, -0.2) is 46.1 Å². The Labute approximate surface area is 121 Å². The number of carbonyl (C=O) groups is 1. The van der Waals surface area contributed by atoms with Crippen molar-refractivity contribution in [1.29, 1.82) is 0 Å². The summed E-state index contributed by atoms with van der Waals surface area (Å²) >= 11 is 1.91. The molecule has 3 unspecified atom stereocenters. The van der Waals surface area contributed by atoms with Gasteiger partial charge in [-0.1, -0.05) is 20.8 Å². The van der Waals surface area contributed by atoms with Crippen LogP contribution in [0.5, 0.6) is 0 Å². The van der Waals surface area contributed by atoms with E-state index in [1.54, 1.807) is 0 Å². The maximum absolute atomic E-state index is 11.0. The Kier molecular flexibility index (Phi) is 4.83. The Morgan fingerprint density at radius 2 is 2.21 bits per heavy atom. The molecule has 0 spiro atoms. The highest BCUT2D eigenvalue weighted by Crippen LogP contribution is 2.41. The van der Waals surface area contributed by atoms with Crippen LogP contribution in [0.4, 0.5) is 0 Å². The van der Waals surface area contributed by atoms with Crippen LogP contribution in [0.15, 0.2) is 0 Å². The molecule has 1 aliphatic carbocycles. The Hall–Kier alpha value is -0.220. The summed E-state index contributed by atoms with van der Waals surface area (Å²) in [6.45, 7) is 8.14. The van der Waals surface area contributed by atoms with Gasteiger partial charge in [-0.3, -0.25) is 9.69 Å². The number of nitrogens with zero attached hydrogens (tertiary/aromatic N) is 1. The number of thioether (sulfide) groups is 1. The summed E-state index contributed by atoms with van der Waals surface area (Å²) in [4.78, 5) is 13.6. The van der Waals surface area contributed by atoms with Gasteiger partial charge in [0.1, 0.15) is 0 Å². The highest BCUT2D eigenvalue weighted by atomic mass is 32.2. The summed E-state index contributed by atoms with van der Waals surface area (Å²) in [5.74, 6) is 2.17. The lowest BCUT2D eigenvalue weighted by Crippen LogP contribution is -2.53. The first kappa shape index (κ1) is 15.2. The molecule has 0 amide bonds. The van der Waals surface area contributed by atoms with Gasteiger partial charge in [-0.05, 0) is 30.6 Å². The first-order valence-electron chi connectivity index (χ1n) is 7.44. The number of carboxylic acids is 1. The minimum atomic E-state index is -0.652. The molecule has 0 radical (unpaired) electrons. The quantitative estimate of drug-likeness (QED) is 0.865. The summed E-state index contributed by atoms with van der Waals surface area (Å²) < 4.78 is 0. The Morgan fingerprint density at radius 1 is 1.47 bits per heavy atom. The molecule has 1 saturated carbocycles. The monoisotopic (exact) mass is 285 g/mol. The van der Waals surface area contributed by atoms with E-state index in [4.69, 9.17) is 5.11 Å². The lowest BCUT2D eigenvalue weighted by molar-refractivity contribution is -0.138. The van der Waals surface area contributed by atoms with E-state index >= 15 is 0 Å². The van der Waals surface area contributed by atoms with Crippen LogP contribution in [0, 0.1) is 11.3 Å². The zero-order valence-corrected chi connectivity index (χ0v) is 13.2. The molecule has 3 nitrogen and oxygen atoms in total. The van der Waals surface area contributed by atoms with E-state index in [1.807, 2.05) is 11.8 Å². The molecule has 1 saturated heterocycles. The second-order valence-electron chi connectivity index (χ2n) is 7.02. The van der Waals surface area contributed by atoms with Gasteiger partial charge in [-0.25, -0.2) is 0 Å². The van der Waals surface area contributed by atoms with Gasteiger partial charge in [-0.15, -0.1) is 0 Å². The molecule has 1 aliphatic heterocycles. The van der Waals surface area contributed by atoms with Gasteiger partial charge in [0.2, 0.25) is 0 Å². The second-order valence-corrected chi connectivity index (χ2v) is 8.17. The number of carboxylic acid groups (broad SMARTS) is 1. The normalized spacial score (nSPS) is 36.1. The van der Waals surface area contributed by atoms with E-state index in [-0.39, 0.29) is 6.04 Å². The lowest BCUT2D eigenvalue weighted by Gasteiger charge is -2.48. The van der Waals surface area contributed by atoms with Crippen LogP contribution in [0.25, 0.3) is 0 Å². The lowest BCUT2D eigenvalue weighted by atomic mass is 9.70. The molecule has 2 fully saturated rings. The van der Waals surface area contributed by atoms with Gasteiger partial charge in [-0.2, -0.15) is 11.8 Å². The number of hydrogen-bond acceptors (Lipinski definition) is 3. The van der Waals surface area contributed by atoms with E-state index in [0.29, 0.717) is 23.8 Å². The molecule has 3 atom stereocenters. The predicted molar refractivity (Wildman–Crippen MR) is 80.7 cm³/mol. The standard InChI is InChI=1S/C15H27NO2S/c1-11-9-15(2,3)5-4-13(11)16-6-7-19-10-12(16)8-14(17)18/h11-13H,4-10H2,1-3H3,(H,17,18). The van der Waals surface area contributed by atoms with E-state index in [0.717, 1.165) is 18.1 Å². The average molecular weight is 285 g/mol. The average Bonchev–Trinajstić information content (AvgIpc) is 2.28. The van der Waals surface area contributed by atoms with Gasteiger partial charge in [0.05, 0.1) is 6.42 Å². The third kappa shape index (κ3) is 3.88. The van der Waals surface area contributed by atoms with Crippen LogP contribution in [0.3, 0.4) is 0 Å². The van der Waals surface area contributed by atoms with Gasteiger partial charge in [0.25, 0.3) is 0 Å². The topological polar surface area (TPSA) is 40.5 Å². The van der Waals surface area contributed by atoms with Gasteiger partial charge in [0.15, 0.2) is 0 Å². The van der Waals surface area contributed by atoms with Crippen molar-refractivity contribution < 1.29 is 9.90 Å². The Morgan fingerprint density at radius 3 is 2.84 bits per heavy atom. The maximum Gasteiger partial charge on any atom is 0.304 e. The Balaban J connectivity index is 2.03. The molecule has 2 aliphatic rings. The molecule has 0 aromatic heterocycles. The van der Waals surface area contributed by atoms with E-state index in [9.17, 15) is 4.79 Å². The smallest absolute Gasteiger partial charge is 0.304 e. The number of hydrogen-bond donors (Lipinski definition) is 1. The fourth-order valence-electron chi connectivity index (χ4n) is 3.91. The maximum atomic E-state index is 11.0. The van der Waals surface area contributed by atoms with Gasteiger partial charge in [0, 0.05) is 30.1 Å². The molecule has 0 bridgehead atoms. The van der Waals surface area contributed by atoms with Gasteiger partial charge >= 0.3 is 5.97 Å². The first-order chi connectivity index (χ1) is 8.89. The molecular weight excluding hydrogens is 258 g/mol. The zero-order chi connectivity index (χ0) is 14.0. The fourth-order valence-corrected chi connectivity index (χ4v) is 5.00. The molecule has 19 heavy (non-hydrogen) atoms. The molecular formula is C15H27NO2S. The molecule has 0 aromatic rings. The van der Waals surface area contributed by atoms with Crippen molar-refractivity contribution in [2.75, 3.05) is 18.1 Å². The SMILES string of the molecule is CC1CC(C)(C)CCC1N1CCSCC1CC(=O)O. The van der Waals surface area contributed by atoms with Crippen LogP contribution in [0.1, 0.15) is 46.5 Å². The zero-order valence-electron chi connectivity index (χ0n) is 12.4. The highest BCUT2D eigenvalue weighted by Gasteiger charge is 2.39. The number of rotatable bonds is 3. The minimum absolute atomic E-state index is 0.241. The van der Waals surface area contributed by atoms with Crippen LogP contribution < -0.4 is 0 Å². The summed E-state index contributed by atoms with van der Waals surface area (Å²) in [7, 11) is 0. The van der Waals surface area contributed by atoms with Crippen molar-refractivity contribution in [2.24, 2.45) is 11.3 Å². The molecule has 1 N–H and O–H groups in total. The molecule has 2 rings (SSSR count). The van der Waals surface area contributed by atoms with Crippen LogP contribution in [0.2, 0.25) is 0 Å².